The Labute approximate surface area is 127 Å². The van der Waals surface area contributed by atoms with Gasteiger partial charge in [0, 0.05) is 0 Å². The number of carbonyl (C=O) groups is 1. The molecule has 0 radical (unpaired) electrons. The molecule has 0 saturated heterocycles. The van der Waals surface area contributed by atoms with Crippen LogP contribution < -0.4 is 11.5 Å². The third-order valence-corrected chi connectivity index (χ3v) is 3.25. The van der Waals surface area contributed by atoms with Crippen molar-refractivity contribution in [1.82, 2.24) is 0 Å². The lowest BCUT2D eigenvalue weighted by atomic mass is 10.0. The first-order valence-corrected chi connectivity index (χ1v) is 6.18. The van der Waals surface area contributed by atoms with Crippen molar-refractivity contribution in [3.63, 3.8) is 0 Å². The molecule has 1 amide bonds. The zero-order chi connectivity index (χ0) is 16.6. The van der Waals surface area contributed by atoms with E-state index in [4.69, 9.17) is 27.5 Å². The fourth-order valence-corrected chi connectivity index (χ4v) is 1.97. The summed E-state index contributed by atoms with van der Waals surface area (Å²) in [4.78, 5) is 14.8. The Morgan fingerprint density at radius 1 is 1.18 bits per heavy atom. The standard InChI is InChI=1S/C13H9ClF3N3O2/c1-4-7(9(15)11(17)10(16)8(4)14)5-2-3-6(22-5)12(21)20-13(18)19/h2-3H,1H3,(H4,18,19,20,21). The van der Waals surface area contributed by atoms with Crippen LogP contribution in [-0.4, -0.2) is 11.9 Å². The number of halogens is 4. The lowest BCUT2D eigenvalue weighted by Gasteiger charge is -2.09. The maximum absolute atomic E-state index is 13.9. The Hall–Kier alpha value is -2.48. The number of hydrogen-bond acceptors (Lipinski definition) is 2. The lowest BCUT2D eigenvalue weighted by Crippen LogP contribution is -2.24. The number of hydrogen-bond donors (Lipinski definition) is 2. The predicted octanol–water partition coefficient (Wildman–Crippen LogP) is 2.74. The summed E-state index contributed by atoms with van der Waals surface area (Å²) in [6.45, 7) is 1.28. The molecule has 1 aromatic carbocycles. The van der Waals surface area contributed by atoms with E-state index in [0.717, 1.165) is 6.07 Å². The fraction of sp³-hybridized carbons (Fsp3) is 0.0769. The van der Waals surface area contributed by atoms with E-state index < -0.39 is 39.9 Å². The Morgan fingerprint density at radius 2 is 1.82 bits per heavy atom. The SMILES string of the molecule is Cc1c(Cl)c(F)c(F)c(F)c1-c1ccc(C(=O)N=C(N)N)o1. The van der Waals surface area contributed by atoms with Crippen LogP contribution in [0.5, 0.6) is 0 Å². The van der Waals surface area contributed by atoms with Crippen molar-refractivity contribution >= 4 is 23.5 Å². The molecule has 1 heterocycles. The molecular weight excluding hydrogens is 323 g/mol. The zero-order valence-electron chi connectivity index (χ0n) is 11.1. The average Bonchev–Trinajstić information content (AvgIpc) is 2.92. The summed E-state index contributed by atoms with van der Waals surface area (Å²) in [5.74, 6) is -6.62. The molecule has 2 rings (SSSR count). The second kappa shape index (κ2) is 5.72. The van der Waals surface area contributed by atoms with Crippen LogP contribution in [0.15, 0.2) is 21.5 Å². The van der Waals surface area contributed by atoms with Crippen LogP contribution in [0.4, 0.5) is 13.2 Å². The van der Waals surface area contributed by atoms with Gasteiger partial charge in [0.2, 0.25) is 0 Å². The zero-order valence-corrected chi connectivity index (χ0v) is 11.8. The third-order valence-electron chi connectivity index (χ3n) is 2.80. The van der Waals surface area contributed by atoms with E-state index in [2.05, 4.69) is 4.99 Å². The van der Waals surface area contributed by atoms with Crippen molar-refractivity contribution in [2.24, 2.45) is 16.5 Å². The van der Waals surface area contributed by atoms with Crippen LogP contribution in [0.1, 0.15) is 16.1 Å². The third kappa shape index (κ3) is 2.64. The Kier molecular flexibility index (Phi) is 4.14. The van der Waals surface area contributed by atoms with E-state index in [0.29, 0.717) is 0 Å². The quantitative estimate of drug-likeness (QED) is 0.383. The highest BCUT2D eigenvalue weighted by molar-refractivity contribution is 6.31. The van der Waals surface area contributed by atoms with Crippen LogP contribution in [0.2, 0.25) is 5.02 Å². The molecule has 0 aliphatic heterocycles. The minimum absolute atomic E-state index is 0.0757. The number of furan rings is 1. The van der Waals surface area contributed by atoms with E-state index in [9.17, 15) is 18.0 Å². The highest BCUT2D eigenvalue weighted by Gasteiger charge is 2.25. The summed E-state index contributed by atoms with van der Waals surface area (Å²) in [5, 5.41) is -0.581. The molecule has 4 N–H and O–H groups in total. The van der Waals surface area contributed by atoms with Crippen LogP contribution in [0.3, 0.4) is 0 Å². The molecule has 1 aromatic heterocycles. The highest BCUT2D eigenvalue weighted by atomic mass is 35.5. The second-order valence-electron chi connectivity index (χ2n) is 4.26. The van der Waals surface area contributed by atoms with Crippen LogP contribution in [0, 0.1) is 24.4 Å². The molecule has 0 atom stereocenters. The summed E-state index contributed by atoms with van der Waals surface area (Å²) in [5.41, 5.74) is 9.63. The number of nitrogens with two attached hydrogens (primary N) is 2. The Balaban J connectivity index is 2.58. The molecule has 5 nitrogen and oxygen atoms in total. The van der Waals surface area contributed by atoms with Crippen molar-refractivity contribution in [2.45, 2.75) is 6.92 Å². The maximum atomic E-state index is 13.9. The number of aliphatic imine (C=N–C) groups is 1. The average molecular weight is 332 g/mol. The number of carbonyl (C=O) groups excluding carboxylic acids is 1. The maximum Gasteiger partial charge on any atom is 0.315 e. The van der Waals surface area contributed by atoms with Crippen LogP contribution in [0.25, 0.3) is 11.3 Å². The molecule has 22 heavy (non-hydrogen) atoms. The number of guanidine groups is 1. The van der Waals surface area contributed by atoms with Gasteiger partial charge in [-0.05, 0) is 24.6 Å². The highest BCUT2D eigenvalue weighted by Crippen LogP contribution is 2.36. The summed E-state index contributed by atoms with van der Waals surface area (Å²) < 4.78 is 45.8. The normalized spacial score (nSPS) is 10.6. The Bertz CT molecular complexity index is 769. The molecule has 0 spiro atoms. The Morgan fingerprint density at radius 3 is 2.41 bits per heavy atom. The van der Waals surface area contributed by atoms with Crippen LogP contribution >= 0.6 is 11.6 Å². The van der Waals surface area contributed by atoms with Gasteiger partial charge in [0.1, 0.15) is 5.76 Å². The fourth-order valence-electron chi connectivity index (χ4n) is 1.79. The molecule has 0 aliphatic rings. The number of amides is 1. The van der Waals surface area contributed by atoms with Crippen molar-refractivity contribution in [3.8, 4) is 11.3 Å². The first-order chi connectivity index (χ1) is 10.2. The smallest absolute Gasteiger partial charge is 0.315 e. The first kappa shape index (κ1) is 15.9. The van der Waals surface area contributed by atoms with Gasteiger partial charge in [-0.25, -0.2) is 13.2 Å². The largest absolute Gasteiger partial charge is 0.451 e. The molecule has 9 heteroatoms. The van der Waals surface area contributed by atoms with Gasteiger partial charge in [-0.2, -0.15) is 4.99 Å². The summed E-state index contributed by atoms with van der Waals surface area (Å²) >= 11 is 5.60. The van der Waals surface area contributed by atoms with Gasteiger partial charge >= 0.3 is 5.91 Å². The van der Waals surface area contributed by atoms with E-state index in [1.54, 1.807) is 0 Å². The first-order valence-electron chi connectivity index (χ1n) is 5.80. The molecule has 116 valence electrons. The second-order valence-corrected chi connectivity index (χ2v) is 4.64. The van der Waals surface area contributed by atoms with Gasteiger partial charge in [0.25, 0.3) is 0 Å². The van der Waals surface area contributed by atoms with Crippen molar-refractivity contribution in [2.75, 3.05) is 0 Å². The molecule has 0 aliphatic carbocycles. The molecule has 0 unspecified atom stereocenters. The van der Waals surface area contributed by atoms with Gasteiger partial charge in [-0.3, -0.25) is 4.79 Å². The number of rotatable bonds is 2. The predicted molar refractivity (Wildman–Crippen MR) is 73.9 cm³/mol. The van der Waals surface area contributed by atoms with Crippen molar-refractivity contribution in [1.29, 1.82) is 0 Å². The minimum Gasteiger partial charge on any atom is -0.451 e. The topological polar surface area (TPSA) is 94.6 Å². The van der Waals surface area contributed by atoms with Gasteiger partial charge in [-0.15, -0.1) is 0 Å². The summed E-state index contributed by atoms with van der Waals surface area (Å²) in [7, 11) is 0. The minimum atomic E-state index is -1.74. The molecule has 2 aromatic rings. The van der Waals surface area contributed by atoms with Gasteiger partial charge < -0.3 is 15.9 Å². The summed E-state index contributed by atoms with van der Waals surface area (Å²) in [6, 6.07) is 2.35. The van der Waals surface area contributed by atoms with Gasteiger partial charge in [-0.1, -0.05) is 11.6 Å². The van der Waals surface area contributed by atoms with Crippen LogP contribution in [-0.2, 0) is 0 Å². The number of nitrogens with zero attached hydrogens (tertiary/aromatic N) is 1. The van der Waals surface area contributed by atoms with Gasteiger partial charge in [0.05, 0.1) is 10.6 Å². The molecule has 0 fully saturated rings. The number of benzene rings is 1. The molecule has 0 bridgehead atoms. The lowest BCUT2D eigenvalue weighted by molar-refractivity contribution is 0.0977. The van der Waals surface area contributed by atoms with Crippen molar-refractivity contribution in [3.05, 3.63) is 45.9 Å². The monoisotopic (exact) mass is 331 g/mol. The summed E-state index contributed by atoms with van der Waals surface area (Å²) in [6.07, 6.45) is 0. The van der Waals surface area contributed by atoms with E-state index in [1.165, 1.54) is 13.0 Å². The van der Waals surface area contributed by atoms with E-state index in [-0.39, 0.29) is 17.1 Å². The van der Waals surface area contributed by atoms with E-state index >= 15 is 0 Å². The molecule has 0 saturated carbocycles. The van der Waals surface area contributed by atoms with E-state index in [1.807, 2.05) is 0 Å². The molecular formula is C13H9ClF3N3O2. The van der Waals surface area contributed by atoms with Gasteiger partial charge in [0.15, 0.2) is 29.2 Å². The van der Waals surface area contributed by atoms with Crippen molar-refractivity contribution < 1.29 is 22.4 Å².